The summed E-state index contributed by atoms with van der Waals surface area (Å²) in [5.41, 5.74) is 3.04. The van der Waals surface area contributed by atoms with Gasteiger partial charge in [0.15, 0.2) is 11.5 Å². The van der Waals surface area contributed by atoms with Gasteiger partial charge in [0.1, 0.15) is 5.82 Å². The fourth-order valence-corrected chi connectivity index (χ4v) is 2.93. The summed E-state index contributed by atoms with van der Waals surface area (Å²) in [6, 6.07) is 18.4. The number of benzene rings is 2. The second-order valence-electron chi connectivity index (χ2n) is 6.82. The summed E-state index contributed by atoms with van der Waals surface area (Å²) in [6.45, 7) is 5.17. The fourth-order valence-electron chi connectivity index (χ4n) is 2.93. The van der Waals surface area contributed by atoms with E-state index in [9.17, 15) is 0 Å². The van der Waals surface area contributed by atoms with Crippen molar-refractivity contribution < 1.29 is 9.47 Å². The van der Waals surface area contributed by atoms with Crippen molar-refractivity contribution in [2.45, 2.75) is 32.9 Å². The first-order chi connectivity index (χ1) is 13.7. The molecule has 1 unspecified atom stereocenters. The molecule has 2 aromatic carbocycles. The standard InChI is InChI=1S/C22H24N4O2/c1-3-15(2)24-22-25-18(17-7-5-4-6-8-17)12-21(26-22)23-13-16-9-10-19-20(11-16)28-14-27-19/h4-12,15H,3,13-14H2,1-2H3,(H2,23,24,25,26). The predicted octanol–water partition coefficient (Wildman–Crippen LogP) is 4.69. The van der Waals surface area contributed by atoms with Gasteiger partial charge in [-0.25, -0.2) is 4.98 Å². The smallest absolute Gasteiger partial charge is 0.231 e. The molecule has 0 bridgehead atoms. The zero-order chi connectivity index (χ0) is 19.3. The second-order valence-corrected chi connectivity index (χ2v) is 6.82. The Labute approximate surface area is 164 Å². The van der Waals surface area contributed by atoms with Crippen molar-refractivity contribution >= 4 is 11.8 Å². The molecule has 2 heterocycles. The van der Waals surface area contributed by atoms with E-state index < -0.39 is 0 Å². The minimum atomic E-state index is 0.281. The lowest BCUT2D eigenvalue weighted by molar-refractivity contribution is 0.174. The maximum absolute atomic E-state index is 5.46. The van der Waals surface area contributed by atoms with E-state index in [2.05, 4.69) is 41.6 Å². The Morgan fingerprint density at radius 1 is 1.00 bits per heavy atom. The number of hydrogen-bond donors (Lipinski definition) is 2. The summed E-state index contributed by atoms with van der Waals surface area (Å²) < 4.78 is 10.8. The van der Waals surface area contributed by atoms with Crippen molar-refractivity contribution in [1.82, 2.24) is 9.97 Å². The molecule has 1 aliphatic rings. The average molecular weight is 376 g/mol. The maximum atomic E-state index is 5.46. The molecule has 144 valence electrons. The Balaban J connectivity index is 1.57. The average Bonchev–Trinajstić information content (AvgIpc) is 3.20. The number of rotatable bonds is 7. The molecule has 0 amide bonds. The van der Waals surface area contributed by atoms with E-state index in [4.69, 9.17) is 14.5 Å². The van der Waals surface area contributed by atoms with E-state index >= 15 is 0 Å². The number of aromatic nitrogens is 2. The van der Waals surface area contributed by atoms with Crippen LogP contribution in [-0.4, -0.2) is 22.8 Å². The minimum Gasteiger partial charge on any atom is -0.454 e. The lowest BCUT2D eigenvalue weighted by atomic mass is 10.1. The third-order valence-corrected chi connectivity index (χ3v) is 4.69. The monoisotopic (exact) mass is 376 g/mol. The van der Waals surface area contributed by atoms with E-state index in [0.29, 0.717) is 18.5 Å². The molecular formula is C22H24N4O2. The molecule has 1 atom stereocenters. The number of hydrogen-bond acceptors (Lipinski definition) is 6. The van der Waals surface area contributed by atoms with Crippen LogP contribution in [0.4, 0.5) is 11.8 Å². The van der Waals surface area contributed by atoms with Gasteiger partial charge in [0, 0.05) is 24.2 Å². The molecule has 0 spiro atoms. The third-order valence-electron chi connectivity index (χ3n) is 4.69. The van der Waals surface area contributed by atoms with Gasteiger partial charge in [0.2, 0.25) is 12.7 Å². The van der Waals surface area contributed by atoms with Gasteiger partial charge in [-0.15, -0.1) is 0 Å². The van der Waals surface area contributed by atoms with Gasteiger partial charge < -0.3 is 20.1 Å². The van der Waals surface area contributed by atoms with Crippen molar-refractivity contribution in [3.63, 3.8) is 0 Å². The molecule has 6 heteroatoms. The molecule has 3 aromatic rings. The van der Waals surface area contributed by atoms with Crippen molar-refractivity contribution in [3.8, 4) is 22.8 Å². The highest BCUT2D eigenvalue weighted by atomic mass is 16.7. The van der Waals surface area contributed by atoms with Crippen molar-refractivity contribution in [3.05, 3.63) is 60.2 Å². The van der Waals surface area contributed by atoms with Crippen molar-refractivity contribution in [2.75, 3.05) is 17.4 Å². The van der Waals surface area contributed by atoms with Crippen LogP contribution >= 0.6 is 0 Å². The van der Waals surface area contributed by atoms with Gasteiger partial charge >= 0.3 is 0 Å². The molecule has 0 saturated carbocycles. The van der Waals surface area contributed by atoms with E-state index in [0.717, 1.165) is 40.6 Å². The Bertz CT molecular complexity index is 947. The van der Waals surface area contributed by atoms with Crippen LogP contribution in [0, 0.1) is 0 Å². The van der Waals surface area contributed by atoms with Gasteiger partial charge in [0.05, 0.1) is 5.69 Å². The van der Waals surface area contributed by atoms with E-state index in [1.807, 2.05) is 42.5 Å². The Hall–Kier alpha value is -3.28. The number of nitrogens with zero attached hydrogens (tertiary/aromatic N) is 2. The lowest BCUT2D eigenvalue weighted by Crippen LogP contribution is -2.16. The Morgan fingerprint density at radius 3 is 2.64 bits per heavy atom. The predicted molar refractivity (Wildman–Crippen MR) is 111 cm³/mol. The normalized spacial score (nSPS) is 13.2. The van der Waals surface area contributed by atoms with Crippen LogP contribution in [0.2, 0.25) is 0 Å². The highest BCUT2D eigenvalue weighted by Crippen LogP contribution is 2.32. The number of nitrogens with one attached hydrogen (secondary N) is 2. The fraction of sp³-hybridized carbons (Fsp3) is 0.273. The SMILES string of the molecule is CCC(C)Nc1nc(NCc2ccc3c(c2)OCO3)cc(-c2ccccc2)n1. The first kappa shape index (κ1) is 18.1. The summed E-state index contributed by atoms with van der Waals surface area (Å²) in [5.74, 6) is 2.98. The topological polar surface area (TPSA) is 68.3 Å². The largest absolute Gasteiger partial charge is 0.454 e. The first-order valence-corrected chi connectivity index (χ1v) is 9.54. The van der Waals surface area contributed by atoms with E-state index in [1.54, 1.807) is 0 Å². The summed E-state index contributed by atoms with van der Waals surface area (Å²) in [6.07, 6.45) is 0.999. The van der Waals surface area contributed by atoms with E-state index in [-0.39, 0.29) is 6.79 Å². The van der Waals surface area contributed by atoms with Gasteiger partial charge in [-0.3, -0.25) is 0 Å². The molecule has 4 rings (SSSR count). The highest BCUT2D eigenvalue weighted by Gasteiger charge is 2.13. The third kappa shape index (κ3) is 4.17. The van der Waals surface area contributed by atoms with Gasteiger partial charge in [0.25, 0.3) is 0 Å². The molecular weight excluding hydrogens is 352 g/mol. The zero-order valence-corrected chi connectivity index (χ0v) is 16.1. The number of anilines is 2. The molecule has 0 fully saturated rings. The summed E-state index contributed by atoms with van der Waals surface area (Å²) in [5, 5.41) is 6.78. The van der Waals surface area contributed by atoms with Gasteiger partial charge in [-0.2, -0.15) is 4.98 Å². The van der Waals surface area contributed by atoms with Gasteiger partial charge in [-0.05, 0) is 31.0 Å². The van der Waals surface area contributed by atoms with Crippen LogP contribution in [0.3, 0.4) is 0 Å². The number of fused-ring (bicyclic) bond motifs is 1. The Kier molecular flexibility index (Phi) is 5.28. The molecule has 1 aromatic heterocycles. The summed E-state index contributed by atoms with van der Waals surface area (Å²) in [7, 11) is 0. The van der Waals surface area contributed by atoms with Crippen LogP contribution in [0.1, 0.15) is 25.8 Å². The molecule has 0 radical (unpaired) electrons. The Morgan fingerprint density at radius 2 is 1.82 bits per heavy atom. The van der Waals surface area contributed by atoms with Crippen LogP contribution in [-0.2, 0) is 6.54 Å². The van der Waals surface area contributed by atoms with Crippen LogP contribution in [0.15, 0.2) is 54.6 Å². The van der Waals surface area contributed by atoms with Crippen molar-refractivity contribution in [1.29, 1.82) is 0 Å². The number of ether oxygens (including phenoxy) is 2. The summed E-state index contributed by atoms with van der Waals surface area (Å²) >= 11 is 0. The molecule has 2 N–H and O–H groups in total. The van der Waals surface area contributed by atoms with Crippen LogP contribution < -0.4 is 20.1 Å². The van der Waals surface area contributed by atoms with E-state index in [1.165, 1.54) is 0 Å². The molecule has 1 aliphatic heterocycles. The summed E-state index contributed by atoms with van der Waals surface area (Å²) in [4.78, 5) is 9.34. The molecule has 6 nitrogen and oxygen atoms in total. The van der Waals surface area contributed by atoms with Gasteiger partial charge in [-0.1, -0.05) is 43.3 Å². The minimum absolute atomic E-state index is 0.281. The first-order valence-electron chi connectivity index (χ1n) is 9.54. The lowest BCUT2D eigenvalue weighted by Gasteiger charge is -2.15. The molecule has 0 aliphatic carbocycles. The zero-order valence-electron chi connectivity index (χ0n) is 16.1. The molecule has 0 saturated heterocycles. The molecule has 28 heavy (non-hydrogen) atoms. The quantitative estimate of drug-likeness (QED) is 0.623. The van der Waals surface area contributed by atoms with Crippen LogP contribution in [0.5, 0.6) is 11.5 Å². The van der Waals surface area contributed by atoms with Crippen molar-refractivity contribution in [2.24, 2.45) is 0 Å². The second kappa shape index (κ2) is 8.17. The van der Waals surface area contributed by atoms with Crippen LogP contribution in [0.25, 0.3) is 11.3 Å². The maximum Gasteiger partial charge on any atom is 0.231 e. The highest BCUT2D eigenvalue weighted by molar-refractivity contribution is 5.64.